The lowest BCUT2D eigenvalue weighted by atomic mass is 10.2. The summed E-state index contributed by atoms with van der Waals surface area (Å²) in [5.74, 6) is 2.26. The van der Waals surface area contributed by atoms with Crippen LogP contribution in [0, 0.1) is 0 Å². The number of hydrogen-bond acceptors (Lipinski definition) is 6. The van der Waals surface area contributed by atoms with Crippen molar-refractivity contribution >= 4 is 18.0 Å². The summed E-state index contributed by atoms with van der Waals surface area (Å²) in [6.45, 7) is 5.07. The van der Waals surface area contributed by atoms with Gasteiger partial charge in [0.15, 0.2) is 11.5 Å². The molecule has 3 rings (SSSR count). The van der Waals surface area contributed by atoms with Crippen LogP contribution in [-0.2, 0) is 5.75 Å². The number of rotatable bonds is 9. The molecule has 3 aromatic rings. The van der Waals surface area contributed by atoms with Gasteiger partial charge in [-0.25, -0.2) is 0 Å². The van der Waals surface area contributed by atoms with Crippen LogP contribution in [0.15, 0.2) is 65.1 Å². The van der Waals surface area contributed by atoms with Crippen LogP contribution in [0.3, 0.4) is 0 Å². The molecule has 0 radical (unpaired) electrons. The van der Waals surface area contributed by atoms with Crippen molar-refractivity contribution in [1.82, 2.24) is 14.9 Å². The molecule has 0 aliphatic rings. The molecule has 0 atom stereocenters. The summed E-state index contributed by atoms with van der Waals surface area (Å²) in [5.41, 5.74) is 2.14. The Labute approximate surface area is 163 Å². The van der Waals surface area contributed by atoms with E-state index in [0.717, 1.165) is 22.2 Å². The first kappa shape index (κ1) is 19.0. The fourth-order valence-corrected chi connectivity index (χ4v) is 3.21. The summed E-state index contributed by atoms with van der Waals surface area (Å²) in [7, 11) is 0. The molecule has 6 nitrogen and oxygen atoms in total. The second-order valence-electron chi connectivity index (χ2n) is 5.55. The molecular weight excluding hydrogens is 360 g/mol. The lowest BCUT2D eigenvalue weighted by molar-refractivity contribution is 0.288. The molecule has 140 valence electrons. The molecule has 7 heteroatoms. The van der Waals surface area contributed by atoms with Gasteiger partial charge in [0.25, 0.3) is 0 Å². The van der Waals surface area contributed by atoms with Gasteiger partial charge in [-0.05, 0) is 43.2 Å². The first-order valence-corrected chi connectivity index (χ1v) is 9.79. The van der Waals surface area contributed by atoms with Crippen LogP contribution in [0.25, 0.3) is 0 Å². The molecule has 0 amide bonds. The van der Waals surface area contributed by atoms with Crippen LogP contribution in [0.5, 0.6) is 11.5 Å². The SMILES string of the molecule is CCOc1ccc(/C=N\n2cnnc2SCc2ccccc2)cc1OCC. The van der Waals surface area contributed by atoms with E-state index in [1.807, 2.05) is 50.2 Å². The summed E-state index contributed by atoms with van der Waals surface area (Å²) in [6.07, 6.45) is 3.36. The largest absolute Gasteiger partial charge is 0.490 e. The maximum absolute atomic E-state index is 5.66. The Bertz CT molecular complexity index is 881. The fraction of sp³-hybridized carbons (Fsp3) is 0.250. The predicted molar refractivity (Wildman–Crippen MR) is 108 cm³/mol. The van der Waals surface area contributed by atoms with Gasteiger partial charge in [0.2, 0.25) is 5.16 Å². The van der Waals surface area contributed by atoms with Gasteiger partial charge in [0.1, 0.15) is 6.33 Å². The number of thioether (sulfide) groups is 1. The predicted octanol–water partition coefficient (Wildman–Crippen LogP) is 4.25. The number of nitrogens with zero attached hydrogens (tertiary/aromatic N) is 4. The van der Waals surface area contributed by atoms with E-state index in [-0.39, 0.29) is 0 Å². The highest BCUT2D eigenvalue weighted by molar-refractivity contribution is 7.98. The Balaban J connectivity index is 1.71. The Morgan fingerprint density at radius 2 is 1.81 bits per heavy atom. The Morgan fingerprint density at radius 1 is 1.04 bits per heavy atom. The van der Waals surface area contributed by atoms with Gasteiger partial charge in [-0.15, -0.1) is 10.2 Å². The lowest BCUT2D eigenvalue weighted by Crippen LogP contribution is -1.99. The Kier molecular flexibility index (Phi) is 6.87. The van der Waals surface area contributed by atoms with Crippen molar-refractivity contribution in [2.45, 2.75) is 24.8 Å². The van der Waals surface area contributed by atoms with Gasteiger partial charge in [-0.1, -0.05) is 42.1 Å². The third-order valence-corrected chi connectivity index (χ3v) is 4.61. The molecule has 27 heavy (non-hydrogen) atoms. The molecule has 0 bridgehead atoms. The molecule has 0 N–H and O–H groups in total. The molecule has 0 unspecified atom stereocenters. The first-order chi connectivity index (χ1) is 13.3. The van der Waals surface area contributed by atoms with Crippen LogP contribution < -0.4 is 9.47 Å². The summed E-state index contributed by atoms with van der Waals surface area (Å²) < 4.78 is 12.9. The van der Waals surface area contributed by atoms with Crippen molar-refractivity contribution in [3.63, 3.8) is 0 Å². The van der Waals surface area contributed by atoms with Gasteiger partial charge in [0, 0.05) is 5.75 Å². The maximum atomic E-state index is 5.66. The number of aromatic nitrogens is 3. The van der Waals surface area contributed by atoms with Crippen molar-refractivity contribution in [3.05, 3.63) is 66.0 Å². The van der Waals surface area contributed by atoms with E-state index in [4.69, 9.17) is 9.47 Å². The molecule has 1 aromatic heterocycles. The topological polar surface area (TPSA) is 61.5 Å². The molecule has 0 spiro atoms. The van der Waals surface area contributed by atoms with E-state index in [9.17, 15) is 0 Å². The first-order valence-electron chi connectivity index (χ1n) is 8.81. The van der Waals surface area contributed by atoms with Crippen molar-refractivity contribution < 1.29 is 9.47 Å². The van der Waals surface area contributed by atoms with E-state index in [1.54, 1.807) is 29.0 Å². The van der Waals surface area contributed by atoms with Gasteiger partial charge in [0.05, 0.1) is 19.4 Å². The average Bonchev–Trinajstić information content (AvgIpc) is 3.15. The summed E-state index contributed by atoms with van der Waals surface area (Å²) in [5, 5.41) is 13.3. The zero-order valence-corrected chi connectivity index (χ0v) is 16.2. The molecule has 0 saturated heterocycles. The smallest absolute Gasteiger partial charge is 0.212 e. The minimum absolute atomic E-state index is 0.576. The van der Waals surface area contributed by atoms with E-state index in [2.05, 4.69) is 27.4 Å². The van der Waals surface area contributed by atoms with E-state index >= 15 is 0 Å². The van der Waals surface area contributed by atoms with Gasteiger partial charge in [-0.2, -0.15) is 9.78 Å². The molecular formula is C20H22N4O2S. The van der Waals surface area contributed by atoms with Crippen molar-refractivity contribution in [2.24, 2.45) is 5.10 Å². The molecule has 0 aliphatic heterocycles. The molecule has 0 fully saturated rings. The average molecular weight is 382 g/mol. The van der Waals surface area contributed by atoms with Crippen molar-refractivity contribution in [1.29, 1.82) is 0 Å². The molecule has 2 aromatic carbocycles. The summed E-state index contributed by atoms with van der Waals surface area (Å²) in [6, 6.07) is 16.0. The van der Waals surface area contributed by atoms with Gasteiger partial charge < -0.3 is 9.47 Å². The van der Waals surface area contributed by atoms with Crippen molar-refractivity contribution in [2.75, 3.05) is 13.2 Å². The zero-order valence-electron chi connectivity index (χ0n) is 15.4. The number of hydrogen-bond donors (Lipinski definition) is 0. The van der Waals surface area contributed by atoms with E-state index in [1.165, 1.54) is 5.56 Å². The normalized spacial score (nSPS) is 11.0. The molecule has 1 heterocycles. The number of benzene rings is 2. The third-order valence-electron chi connectivity index (χ3n) is 3.61. The fourth-order valence-electron chi connectivity index (χ4n) is 2.39. The second kappa shape index (κ2) is 9.78. The highest BCUT2D eigenvalue weighted by atomic mass is 32.2. The summed E-state index contributed by atoms with van der Waals surface area (Å²) in [4.78, 5) is 0. The van der Waals surface area contributed by atoms with Crippen LogP contribution >= 0.6 is 11.8 Å². The third kappa shape index (κ3) is 5.34. The monoisotopic (exact) mass is 382 g/mol. The van der Waals surface area contributed by atoms with E-state index < -0.39 is 0 Å². The highest BCUT2D eigenvalue weighted by Crippen LogP contribution is 2.28. The minimum atomic E-state index is 0.576. The zero-order chi connectivity index (χ0) is 18.9. The van der Waals surface area contributed by atoms with Crippen LogP contribution in [0.2, 0.25) is 0 Å². The van der Waals surface area contributed by atoms with Crippen molar-refractivity contribution in [3.8, 4) is 11.5 Å². The highest BCUT2D eigenvalue weighted by Gasteiger charge is 2.07. The molecule has 0 aliphatic carbocycles. The maximum Gasteiger partial charge on any atom is 0.212 e. The molecule has 0 saturated carbocycles. The Hall–Kier alpha value is -2.80. The minimum Gasteiger partial charge on any atom is -0.490 e. The standard InChI is InChI=1S/C20H22N4O2S/c1-3-25-18-11-10-17(12-19(18)26-4-2)13-22-24-15-21-23-20(24)27-14-16-8-6-5-7-9-16/h5-13,15H,3-4,14H2,1-2H3/b22-13-. The van der Waals surface area contributed by atoms with Crippen LogP contribution in [0.4, 0.5) is 0 Å². The van der Waals surface area contributed by atoms with Gasteiger partial charge >= 0.3 is 0 Å². The van der Waals surface area contributed by atoms with Crippen LogP contribution in [0.1, 0.15) is 25.0 Å². The lowest BCUT2D eigenvalue weighted by Gasteiger charge is -2.11. The summed E-state index contributed by atoms with van der Waals surface area (Å²) >= 11 is 1.59. The quantitative estimate of drug-likeness (QED) is 0.409. The van der Waals surface area contributed by atoms with Gasteiger partial charge in [-0.3, -0.25) is 0 Å². The van der Waals surface area contributed by atoms with E-state index in [0.29, 0.717) is 19.0 Å². The Morgan fingerprint density at radius 3 is 2.59 bits per heavy atom. The van der Waals surface area contributed by atoms with Crippen LogP contribution in [-0.4, -0.2) is 34.3 Å². The second-order valence-corrected chi connectivity index (χ2v) is 6.49. The number of ether oxygens (including phenoxy) is 2.